The summed E-state index contributed by atoms with van der Waals surface area (Å²) in [7, 11) is 1.96. The first kappa shape index (κ1) is 11.7. The van der Waals surface area contributed by atoms with Gasteiger partial charge in [0.05, 0.1) is 12.2 Å². The first-order chi connectivity index (χ1) is 8.13. The second kappa shape index (κ2) is 4.59. The van der Waals surface area contributed by atoms with E-state index in [4.69, 9.17) is 9.84 Å². The average molecular weight is 233 g/mol. The van der Waals surface area contributed by atoms with Gasteiger partial charge in [0.15, 0.2) is 0 Å². The highest BCUT2D eigenvalue weighted by atomic mass is 16.5. The number of ether oxygens (including phenoxy) is 1. The van der Waals surface area contributed by atoms with Gasteiger partial charge in [0, 0.05) is 30.3 Å². The number of benzene rings is 1. The molecule has 0 aliphatic carbocycles. The van der Waals surface area contributed by atoms with E-state index in [1.165, 1.54) is 0 Å². The van der Waals surface area contributed by atoms with Gasteiger partial charge in [-0.1, -0.05) is 0 Å². The third-order valence-electron chi connectivity index (χ3n) is 2.84. The number of hydrogen-bond acceptors (Lipinski definition) is 2. The second-order valence-electron chi connectivity index (χ2n) is 3.91. The van der Waals surface area contributed by atoms with Crippen LogP contribution >= 0.6 is 0 Å². The lowest BCUT2D eigenvalue weighted by molar-refractivity contribution is 0.0697. The van der Waals surface area contributed by atoms with Crippen LogP contribution in [0.15, 0.2) is 24.3 Å². The van der Waals surface area contributed by atoms with Gasteiger partial charge in [0.2, 0.25) is 0 Å². The van der Waals surface area contributed by atoms with Gasteiger partial charge in [0.1, 0.15) is 0 Å². The molecule has 1 N–H and O–H groups in total. The van der Waals surface area contributed by atoms with Crippen LogP contribution in [0.25, 0.3) is 10.9 Å². The zero-order valence-corrected chi connectivity index (χ0v) is 9.93. The molecule has 0 saturated carbocycles. The van der Waals surface area contributed by atoms with Gasteiger partial charge in [-0.05, 0) is 31.2 Å². The summed E-state index contributed by atoms with van der Waals surface area (Å²) in [6.45, 7) is 3.16. The summed E-state index contributed by atoms with van der Waals surface area (Å²) in [5.74, 6) is -0.901. The van der Waals surface area contributed by atoms with Crippen LogP contribution in [0.2, 0.25) is 0 Å². The maximum absolute atomic E-state index is 10.9. The van der Waals surface area contributed by atoms with Crippen molar-refractivity contribution < 1.29 is 14.6 Å². The number of rotatable bonds is 4. The van der Waals surface area contributed by atoms with Crippen LogP contribution in [0.5, 0.6) is 0 Å². The van der Waals surface area contributed by atoms with Crippen molar-refractivity contribution in [3.63, 3.8) is 0 Å². The Bertz CT molecular complexity index is 557. The molecular weight excluding hydrogens is 218 g/mol. The molecule has 0 saturated heterocycles. The molecule has 0 amide bonds. The Kier molecular flexibility index (Phi) is 3.15. The number of nitrogens with zero attached hydrogens (tertiary/aromatic N) is 1. The quantitative estimate of drug-likeness (QED) is 0.882. The molecule has 2 rings (SSSR count). The topological polar surface area (TPSA) is 51.5 Å². The van der Waals surface area contributed by atoms with Crippen LogP contribution in [0.3, 0.4) is 0 Å². The lowest BCUT2D eigenvalue weighted by Gasteiger charge is -2.03. The van der Waals surface area contributed by atoms with Crippen LogP contribution < -0.4 is 0 Å². The van der Waals surface area contributed by atoms with Gasteiger partial charge in [-0.3, -0.25) is 0 Å². The molecule has 2 aromatic rings. The van der Waals surface area contributed by atoms with Crippen molar-refractivity contribution in [2.45, 2.75) is 13.5 Å². The zero-order chi connectivity index (χ0) is 12.4. The smallest absolute Gasteiger partial charge is 0.335 e. The number of aryl methyl sites for hydroxylation is 1. The number of carboxylic acid groups (broad SMARTS) is 1. The Hall–Kier alpha value is -1.81. The number of aromatic nitrogens is 1. The van der Waals surface area contributed by atoms with Crippen molar-refractivity contribution >= 4 is 16.9 Å². The predicted octanol–water partition coefficient (Wildman–Crippen LogP) is 2.41. The fourth-order valence-electron chi connectivity index (χ4n) is 1.88. The van der Waals surface area contributed by atoms with Crippen LogP contribution in [-0.2, 0) is 18.4 Å². The summed E-state index contributed by atoms with van der Waals surface area (Å²) in [6, 6.07) is 7.11. The molecule has 0 unspecified atom stereocenters. The minimum Gasteiger partial charge on any atom is -0.478 e. The number of aromatic carboxylic acids is 1. The third-order valence-corrected chi connectivity index (χ3v) is 2.84. The number of fused-ring (bicyclic) bond motifs is 1. The van der Waals surface area contributed by atoms with E-state index in [0.717, 1.165) is 16.6 Å². The van der Waals surface area contributed by atoms with Gasteiger partial charge in [-0.2, -0.15) is 0 Å². The van der Waals surface area contributed by atoms with Crippen LogP contribution in [-0.4, -0.2) is 22.2 Å². The van der Waals surface area contributed by atoms with Crippen molar-refractivity contribution in [2.24, 2.45) is 7.05 Å². The molecule has 4 nitrogen and oxygen atoms in total. The summed E-state index contributed by atoms with van der Waals surface area (Å²) in [4.78, 5) is 10.9. The minimum absolute atomic E-state index is 0.311. The molecule has 1 aromatic carbocycles. The molecule has 0 aliphatic rings. The predicted molar refractivity (Wildman–Crippen MR) is 65.2 cm³/mol. The van der Waals surface area contributed by atoms with E-state index in [1.54, 1.807) is 12.1 Å². The minimum atomic E-state index is -0.901. The van der Waals surface area contributed by atoms with E-state index in [-0.39, 0.29) is 0 Å². The van der Waals surface area contributed by atoms with Gasteiger partial charge in [-0.25, -0.2) is 4.79 Å². The maximum Gasteiger partial charge on any atom is 0.335 e. The Morgan fingerprint density at radius 1 is 1.41 bits per heavy atom. The normalized spacial score (nSPS) is 10.9. The van der Waals surface area contributed by atoms with Crippen LogP contribution in [0, 0.1) is 0 Å². The summed E-state index contributed by atoms with van der Waals surface area (Å²) in [6.07, 6.45) is 0. The summed E-state index contributed by atoms with van der Waals surface area (Å²) in [5.41, 5.74) is 2.38. The fourth-order valence-corrected chi connectivity index (χ4v) is 1.88. The van der Waals surface area contributed by atoms with E-state index in [2.05, 4.69) is 0 Å². The Morgan fingerprint density at radius 2 is 2.18 bits per heavy atom. The average Bonchev–Trinajstić information content (AvgIpc) is 2.63. The maximum atomic E-state index is 10.9. The van der Waals surface area contributed by atoms with E-state index in [0.29, 0.717) is 18.8 Å². The Morgan fingerprint density at radius 3 is 2.82 bits per heavy atom. The number of hydrogen-bond donors (Lipinski definition) is 1. The van der Waals surface area contributed by atoms with Crippen molar-refractivity contribution in [2.75, 3.05) is 6.61 Å². The molecule has 0 radical (unpaired) electrons. The summed E-state index contributed by atoms with van der Waals surface area (Å²) >= 11 is 0. The summed E-state index contributed by atoms with van der Waals surface area (Å²) < 4.78 is 7.39. The highest BCUT2D eigenvalue weighted by Crippen LogP contribution is 2.21. The van der Waals surface area contributed by atoms with E-state index >= 15 is 0 Å². The van der Waals surface area contributed by atoms with Crippen LogP contribution in [0.4, 0.5) is 0 Å². The van der Waals surface area contributed by atoms with Gasteiger partial charge >= 0.3 is 5.97 Å². The van der Waals surface area contributed by atoms with Crippen molar-refractivity contribution in [3.8, 4) is 0 Å². The summed E-state index contributed by atoms with van der Waals surface area (Å²) in [5, 5.41) is 9.86. The van der Waals surface area contributed by atoms with E-state index in [9.17, 15) is 4.79 Å². The molecule has 17 heavy (non-hydrogen) atoms. The Labute approximate surface area is 99.4 Å². The first-order valence-electron chi connectivity index (χ1n) is 5.53. The molecule has 0 spiro atoms. The molecule has 0 aliphatic heterocycles. The first-order valence-corrected chi connectivity index (χ1v) is 5.53. The van der Waals surface area contributed by atoms with Gasteiger partial charge < -0.3 is 14.4 Å². The molecule has 0 atom stereocenters. The van der Waals surface area contributed by atoms with Crippen molar-refractivity contribution in [1.29, 1.82) is 0 Å². The molecule has 1 aromatic heterocycles. The fraction of sp³-hybridized carbons (Fsp3) is 0.308. The van der Waals surface area contributed by atoms with Crippen molar-refractivity contribution in [1.82, 2.24) is 4.57 Å². The van der Waals surface area contributed by atoms with Crippen LogP contribution in [0.1, 0.15) is 23.0 Å². The van der Waals surface area contributed by atoms with Gasteiger partial charge in [0.25, 0.3) is 0 Å². The highest BCUT2D eigenvalue weighted by molar-refractivity contribution is 5.93. The number of carboxylic acids is 1. The monoisotopic (exact) mass is 233 g/mol. The Balaban J connectivity index is 2.45. The SMILES string of the molecule is CCOCc1cc2cc(C(=O)O)ccc2n1C. The lowest BCUT2D eigenvalue weighted by Crippen LogP contribution is -1.99. The largest absolute Gasteiger partial charge is 0.478 e. The van der Waals surface area contributed by atoms with E-state index in [1.807, 2.05) is 30.7 Å². The van der Waals surface area contributed by atoms with Crippen molar-refractivity contribution in [3.05, 3.63) is 35.5 Å². The molecular formula is C13H15NO3. The molecule has 90 valence electrons. The number of carbonyl (C=O) groups is 1. The third kappa shape index (κ3) is 2.17. The zero-order valence-electron chi connectivity index (χ0n) is 9.93. The molecule has 0 bridgehead atoms. The van der Waals surface area contributed by atoms with Gasteiger partial charge in [-0.15, -0.1) is 0 Å². The highest BCUT2D eigenvalue weighted by Gasteiger charge is 2.09. The molecule has 1 heterocycles. The molecule has 0 fully saturated rings. The lowest BCUT2D eigenvalue weighted by atomic mass is 10.1. The molecule has 4 heteroatoms. The standard InChI is InChI=1S/C13H15NO3/c1-3-17-8-11-7-10-6-9(13(15)16)4-5-12(10)14(11)2/h4-7H,3,8H2,1-2H3,(H,15,16). The second-order valence-corrected chi connectivity index (χ2v) is 3.91. The van der Waals surface area contributed by atoms with E-state index < -0.39 is 5.97 Å².